The van der Waals surface area contributed by atoms with Crippen molar-refractivity contribution in [3.63, 3.8) is 0 Å². The maximum Gasteiger partial charge on any atom is 0.255 e. The molecule has 6 heteroatoms. The molecule has 0 bridgehead atoms. The van der Waals surface area contributed by atoms with Gasteiger partial charge in [-0.15, -0.1) is 0 Å². The molecule has 1 amide bonds. The normalized spacial score (nSPS) is 13.5. The van der Waals surface area contributed by atoms with E-state index in [9.17, 15) is 20.1 Å². The Hall–Kier alpha value is -2.50. The second-order valence-electron chi connectivity index (χ2n) is 7.10. The Balaban J connectivity index is 2.09. The van der Waals surface area contributed by atoms with Gasteiger partial charge in [-0.1, -0.05) is 29.8 Å². The van der Waals surface area contributed by atoms with Crippen molar-refractivity contribution in [2.75, 3.05) is 6.54 Å². The van der Waals surface area contributed by atoms with Crippen LogP contribution in [0.4, 0.5) is 0 Å². The van der Waals surface area contributed by atoms with Gasteiger partial charge in [-0.25, -0.2) is 0 Å². The number of aromatic hydroxyl groups is 2. The maximum atomic E-state index is 12.4. The fourth-order valence-electron chi connectivity index (χ4n) is 2.86. The van der Waals surface area contributed by atoms with E-state index in [1.807, 2.05) is 18.2 Å². The molecule has 28 heavy (non-hydrogen) atoms. The third kappa shape index (κ3) is 4.86. The quantitative estimate of drug-likeness (QED) is 0.552. The Morgan fingerprint density at radius 3 is 2.43 bits per heavy atom. The van der Waals surface area contributed by atoms with Crippen molar-refractivity contribution < 1.29 is 20.1 Å². The van der Waals surface area contributed by atoms with Crippen LogP contribution in [0.1, 0.15) is 34.7 Å². The number of phenols is 2. The van der Waals surface area contributed by atoms with Gasteiger partial charge < -0.3 is 20.6 Å². The Morgan fingerprint density at radius 1 is 1.14 bits per heavy atom. The maximum absolute atomic E-state index is 12.4. The number of halogens is 1. The fourth-order valence-corrected chi connectivity index (χ4v) is 3.07. The molecule has 4 N–H and O–H groups in total. The highest BCUT2D eigenvalue weighted by molar-refractivity contribution is 6.30. The summed E-state index contributed by atoms with van der Waals surface area (Å²) in [5.41, 5.74) is 1.20. The summed E-state index contributed by atoms with van der Waals surface area (Å²) >= 11 is 5.94. The highest BCUT2D eigenvalue weighted by Gasteiger charge is 2.27. The summed E-state index contributed by atoms with van der Waals surface area (Å²) in [6.45, 7) is 6.79. The number of nitrogens with one attached hydrogen (secondary N) is 1. The summed E-state index contributed by atoms with van der Waals surface area (Å²) in [4.78, 5) is 12.4. The van der Waals surface area contributed by atoms with E-state index in [1.165, 1.54) is 19.1 Å². The smallest absolute Gasteiger partial charge is 0.255 e. The third-order valence-electron chi connectivity index (χ3n) is 4.91. The summed E-state index contributed by atoms with van der Waals surface area (Å²) in [6, 6.07) is 7.35. The molecule has 0 aromatic heterocycles. The predicted molar refractivity (Wildman–Crippen MR) is 112 cm³/mol. The van der Waals surface area contributed by atoms with Crippen LogP contribution in [-0.4, -0.2) is 33.4 Å². The van der Waals surface area contributed by atoms with Crippen LogP contribution in [0.15, 0.2) is 30.3 Å². The van der Waals surface area contributed by atoms with Crippen LogP contribution in [0.3, 0.4) is 0 Å². The van der Waals surface area contributed by atoms with Crippen molar-refractivity contribution in [3.8, 4) is 11.5 Å². The Labute approximate surface area is 170 Å². The van der Waals surface area contributed by atoms with Gasteiger partial charge in [0.15, 0.2) is 5.60 Å². The molecule has 0 aliphatic heterocycles. The monoisotopic (exact) mass is 403 g/mol. The van der Waals surface area contributed by atoms with E-state index in [2.05, 4.69) is 5.32 Å². The molecule has 0 radical (unpaired) electrons. The highest BCUT2D eigenvalue weighted by Crippen LogP contribution is 2.37. The number of rotatable bonds is 6. The van der Waals surface area contributed by atoms with Crippen LogP contribution in [0.5, 0.6) is 11.5 Å². The van der Waals surface area contributed by atoms with Crippen molar-refractivity contribution in [1.82, 2.24) is 5.32 Å². The molecule has 2 aromatic rings. The Morgan fingerprint density at radius 2 is 1.79 bits per heavy atom. The van der Waals surface area contributed by atoms with Crippen molar-refractivity contribution in [3.05, 3.63) is 63.2 Å². The molecule has 0 heterocycles. The zero-order chi connectivity index (χ0) is 21.1. The highest BCUT2D eigenvalue weighted by atomic mass is 35.5. The minimum Gasteiger partial charge on any atom is -0.507 e. The average molecular weight is 404 g/mol. The number of aliphatic hydroxyl groups is 1. The van der Waals surface area contributed by atoms with Gasteiger partial charge in [0.1, 0.15) is 11.5 Å². The lowest BCUT2D eigenvalue weighted by Crippen LogP contribution is -2.43. The molecule has 1 atom stereocenters. The SMILES string of the molecule is Cc1c(C)c(O)c(C=CC(C)(O)C(=O)NCCc2cccc(Cl)c2)c(C)c1O. The molecule has 5 nitrogen and oxygen atoms in total. The lowest BCUT2D eigenvalue weighted by Gasteiger charge is -2.19. The Kier molecular flexibility index (Phi) is 6.75. The first kappa shape index (κ1) is 21.8. The largest absolute Gasteiger partial charge is 0.507 e. The number of phenolic OH excluding ortho intramolecular Hbond substituents is 2. The van der Waals surface area contributed by atoms with E-state index in [4.69, 9.17) is 11.6 Å². The second kappa shape index (κ2) is 8.67. The molecule has 0 fully saturated rings. The lowest BCUT2D eigenvalue weighted by atomic mass is 9.95. The van der Waals surface area contributed by atoms with Gasteiger partial charge in [-0.2, -0.15) is 0 Å². The molecule has 1 unspecified atom stereocenters. The van der Waals surface area contributed by atoms with Crippen molar-refractivity contribution in [1.29, 1.82) is 0 Å². The summed E-state index contributed by atoms with van der Waals surface area (Å²) in [6.07, 6.45) is 3.34. The molecule has 0 saturated carbocycles. The van der Waals surface area contributed by atoms with E-state index < -0.39 is 11.5 Å². The molecule has 0 aliphatic rings. The number of amides is 1. The van der Waals surface area contributed by atoms with Crippen LogP contribution in [-0.2, 0) is 11.2 Å². The van der Waals surface area contributed by atoms with Crippen LogP contribution in [0.2, 0.25) is 5.02 Å². The topological polar surface area (TPSA) is 89.8 Å². The number of carbonyl (C=O) groups excluding carboxylic acids is 1. The zero-order valence-electron chi connectivity index (χ0n) is 16.5. The van der Waals surface area contributed by atoms with Gasteiger partial charge in [-0.3, -0.25) is 4.79 Å². The van der Waals surface area contributed by atoms with Gasteiger partial charge in [0.05, 0.1) is 0 Å². The van der Waals surface area contributed by atoms with Gasteiger partial charge >= 0.3 is 0 Å². The number of hydrogen-bond donors (Lipinski definition) is 4. The summed E-state index contributed by atoms with van der Waals surface area (Å²) < 4.78 is 0. The van der Waals surface area contributed by atoms with Crippen LogP contribution >= 0.6 is 11.6 Å². The van der Waals surface area contributed by atoms with Gasteiger partial charge in [0.2, 0.25) is 0 Å². The summed E-state index contributed by atoms with van der Waals surface area (Å²) in [5.74, 6) is -0.460. The van der Waals surface area contributed by atoms with Crippen molar-refractivity contribution in [2.24, 2.45) is 0 Å². The molecule has 0 aliphatic carbocycles. The zero-order valence-corrected chi connectivity index (χ0v) is 17.3. The van der Waals surface area contributed by atoms with Crippen LogP contribution in [0, 0.1) is 20.8 Å². The summed E-state index contributed by atoms with van der Waals surface area (Å²) in [5, 5.41) is 34.4. The molecule has 150 valence electrons. The molecular formula is C22H26ClNO4. The molecule has 0 saturated heterocycles. The minimum atomic E-state index is -1.78. The van der Waals surface area contributed by atoms with E-state index in [0.717, 1.165) is 5.56 Å². The average Bonchev–Trinajstić information content (AvgIpc) is 2.64. The number of hydrogen-bond acceptors (Lipinski definition) is 4. The first-order valence-corrected chi connectivity index (χ1v) is 9.38. The van der Waals surface area contributed by atoms with Crippen LogP contribution in [0.25, 0.3) is 6.08 Å². The van der Waals surface area contributed by atoms with Gasteiger partial charge in [0, 0.05) is 22.7 Å². The third-order valence-corrected chi connectivity index (χ3v) is 5.14. The number of benzene rings is 2. The summed E-state index contributed by atoms with van der Waals surface area (Å²) in [7, 11) is 0. The van der Waals surface area contributed by atoms with Crippen molar-refractivity contribution >= 4 is 23.6 Å². The van der Waals surface area contributed by atoms with E-state index >= 15 is 0 Å². The van der Waals surface area contributed by atoms with Gasteiger partial charge in [-0.05, 0) is 69.0 Å². The minimum absolute atomic E-state index is 0.0150. The number of carbonyl (C=O) groups is 1. The predicted octanol–water partition coefficient (Wildman–Crippen LogP) is 3.80. The van der Waals surface area contributed by atoms with Gasteiger partial charge in [0.25, 0.3) is 5.91 Å². The van der Waals surface area contributed by atoms with E-state index in [1.54, 1.807) is 26.8 Å². The first-order valence-electron chi connectivity index (χ1n) is 9.00. The molecule has 2 aromatic carbocycles. The Bertz CT molecular complexity index is 890. The first-order chi connectivity index (χ1) is 13.0. The molecular weight excluding hydrogens is 378 g/mol. The lowest BCUT2D eigenvalue weighted by molar-refractivity contribution is -0.133. The fraction of sp³-hybridized carbons (Fsp3) is 0.318. The standard InChI is InChI=1S/C22H26ClNO4/c1-13-14(2)20(26)18(15(3)19(13)25)8-10-22(4,28)21(27)24-11-9-16-6-5-7-17(23)12-16/h5-8,10,12,25-26,28H,9,11H2,1-4H3,(H,24,27). The van der Waals surface area contributed by atoms with E-state index in [0.29, 0.717) is 40.2 Å². The second-order valence-corrected chi connectivity index (χ2v) is 7.54. The molecule has 0 spiro atoms. The van der Waals surface area contributed by atoms with E-state index in [-0.39, 0.29) is 11.5 Å². The van der Waals surface area contributed by atoms with Crippen molar-refractivity contribution in [2.45, 2.75) is 39.7 Å². The van der Waals surface area contributed by atoms with Crippen LogP contribution < -0.4 is 5.32 Å². The molecule has 2 rings (SSSR count).